The van der Waals surface area contributed by atoms with E-state index < -0.39 is 0 Å². The van der Waals surface area contributed by atoms with Crippen molar-refractivity contribution in [2.75, 3.05) is 29.9 Å². The van der Waals surface area contributed by atoms with Gasteiger partial charge in [-0.25, -0.2) is 0 Å². The summed E-state index contributed by atoms with van der Waals surface area (Å²) in [4.78, 5) is 14.6. The molecular formula is C19H30N2OS. The van der Waals surface area contributed by atoms with Crippen LogP contribution >= 0.6 is 11.8 Å². The first-order valence-electron chi connectivity index (χ1n) is 8.78. The van der Waals surface area contributed by atoms with Crippen LogP contribution in [0.5, 0.6) is 0 Å². The largest absolute Gasteiger partial charge is 0.326 e. The van der Waals surface area contributed by atoms with E-state index in [1.165, 1.54) is 30.2 Å². The number of rotatable bonds is 7. The van der Waals surface area contributed by atoms with Gasteiger partial charge in [-0.2, -0.15) is 11.8 Å². The number of carbonyl (C=O) groups is 1. The smallest absolute Gasteiger partial charge is 0.224 e. The van der Waals surface area contributed by atoms with Gasteiger partial charge in [-0.15, -0.1) is 0 Å². The van der Waals surface area contributed by atoms with Gasteiger partial charge in [0, 0.05) is 43.2 Å². The fraction of sp³-hybridized carbons (Fsp3) is 0.632. The zero-order valence-corrected chi connectivity index (χ0v) is 15.5. The maximum absolute atomic E-state index is 12.1. The summed E-state index contributed by atoms with van der Waals surface area (Å²) in [5, 5.41) is 3.07. The number of nitrogens with one attached hydrogen (secondary N) is 1. The molecule has 0 radical (unpaired) electrons. The summed E-state index contributed by atoms with van der Waals surface area (Å²) in [5.74, 6) is 3.07. The number of hydrogen-bond donors (Lipinski definition) is 1. The molecule has 1 unspecified atom stereocenters. The third-order valence-corrected chi connectivity index (χ3v) is 5.33. The molecule has 0 aliphatic carbocycles. The molecule has 1 aromatic carbocycles. The average Bonchev–Trinajstić information content (AvgIpc) is 2.51. The molecule has 1 N–H and O–H groups in total. The Hall–Kier alpha value is -1.00. The van der Waals surface area contributed by atoms with E-state index in [0.29, 0.717) is 12.3 Å². The maximum atomic E-state index is 12.1. The number of nitrogens with zero attached hydrogens (tertiary/aromatic N) is 1. The van der Waals surface area contributed by atoms with Crippen molar-refractivity contribution in [3.05, 3.63) is 29.3 Å². The van der Waals surface area contributed by atoms with Gasteiger partial charge in [0.25, 0.3) is 0 Å². The molecule has 1 aliphatic heterocycles. The van der Waals surface area contributed by atoms with Crippen LogP contribution in [0.1, 0.15) is 44.2 Å². The van der Waals surface area contributed by atoms with Crippen molar-refractivity contribution >= 4 is 23.4 Å². The molecule has 23 heavy (non-hydrogen) atoms. The van der Waals surface area contributed by atoms with E-state index in [9.17, 15) is 4.79 Å². The Labute approximate surface area is 145 Å². The highest BCUT2D eigenvalue weighted by Gasteiger charge is 2.13. The molecular weight excluding hydrogens is 304 g/mol. The first-order chi connectivity index (χ1) is 11.1. The topological polar surface area (TPSA) is 32.3 Å². The van der Waals surface area contributed by atoms with Crippen molar-refractivity contribution < 1.29 is 4.79 Å². The second-order valence-electron chi connectivity index (χ2n) is 6.68. The third kappa shape index (κ3) is 6.19. The Bertz CT molecular complexity index is 512. The molecule has 1 atom stereocenters. The molecule has 128 valence electrons. The van der Waals surface area contributed by atoms with E-state index >= 15 is 0 Å². The lowest BCUT2D eigenvalue weighted by Crippen LogP contribution is -2.31. The average molecular weight is 335 g/mol. The highest BCUT2D eigenvalue weighted by atomic mass is 32.2. The molecule has 4 heteroatoms. The number of thioether (sulfide) groups is 1. The summed E-state index contributed by atoms with van der Waals surface area (Å²) < 4.78 is 0. The lowest BCUT2D eigenvalue weighted by molar-refractivity contribution is -0.117. The van der Waals surface area contributed by atoms with Crippen LogP contribution in [0.2, 0.25) is 0 Å². The second-order valence-corrected chi connectivity index (χ2v) is 7.91. The first kappa shape index (κ1) is 18.3. The maximum Gasteiger partial charge on any atom is 0.224 e. The predicted octanol–water partition coefficient (Wildman–Crippen LogP) is 4.31. The minimum Gasteiger partial charge on any atom is -0.326 e. The van der Waals surface area contributed by atoms with Crippen LogP contribution in [0.15, 0.2) is 18.2 Å². The van der Waals surface area contributed by atoms with Gasteiger partial charge in [-0.05, 0) is 30.0 Å². The van der Waals surface area contributed by atoms with Crippen molar-refractivity contribution in [1.82, 2.24) is 4.90 Å². The van der Waals surface area contributed by atoms with E-state index in [1.54, 1.807) is 0 Å². The van der Waals surface area contributed by atoms with E-state index in [2.05, 4.69) is 49.2 Å². The number of aryl methyl sites for hydroxylation is 1. The standard InChI is InChI=1S/C19H30N2OS/c1-4-5-15(2)12-19(22)20-18-7-6-17(13-16(18)3)14-21-8-10-23-11-9-21/h6-7,13,15H,4-5,8-12,14H2,1-3H3,(H,20,22). The van der Waals surface area contributed by atoms with E-state index in [4.69, 9.17) is 0 Å². The lowest BCUT2D eigenvalue weighted by atomic mass is 10.0. The predicted molar refractivity (Wildman–Crippen MR) is 101 cm³/mol. The highest BCUT2D eigenvalue weighted by Crippen LogP contribution is 2.20. The number of amides is 1. The van der Waals surface area contributed by atoms with Crippen LogP contribution in [-0.4, -0.2) is 35.4 Å². The zero-order valence-electron chi connectivity index (χ0n) is 14.7. The minimum absolute atomic E-state index is 0.134. The lowest BCUT2D eigenvalue weighted by Gasteiger charge is -2.26. The van der Waals surface area contributed by atoms with Gasteiger partial charge in [0.05, 0.1) is 0 Å². The van der Waals surface area contributed by atoms with Gasteiger partial charge in [0.2, 0.25) is 5.91 Å². The van der Waals surface area contributed by atoms with Gasteiger partial charge < -0.3 is 5.32 Å². The highest BCUT2D eigenvalue weighted by molar-refractivity contribution is 7.99. The molecule has 3 nitrogen and oxygen atoms in total. The van der Waals surface area contributed by atoms with Gasteiger partial charge in [0.15, 0.2) is 0 Å². The summed E-state index contributed by atoms with van der Waals surface area (Å²) in [7, 11) is 0. The summed E-state index contributed by atoms with van der Waals surface area (Å²) in [6, 6.07) is 6.43. The van der Waals surface area contributed by atoms with Crippen molar-refractivity contribution in [3.8, 4) is 0 Å². The first-order valence-corrected chi connectivity index (χ1v) is 9.93. The number of anilines is 1. The zero-order chi connectivity index (χ0) is 16.7. The molecule has 1 saturated heterocycles. The van der Waals surface area contributed by atoms with Crippen molar-refractivity contribution in [2.45, 2.75) is 46.6 Å². The molecule has 1 fully saturated rings. The molecule has 1 amide bonds. The Morgan fingerprint density at radius 3 is 2.74 bits per heavy atom. The van der Waals surface area contributed by atoms with Crippen LogP contribution in [0, 0.1) is 12.8 Å². The Morgan fingerprint density at radius 2 is 2.09 bits per heavy atom. The van der Waals surface area contributed by atoms with E-state index in [0.717, 1.165) is 30.6 Å². The molecule has 0 spiro atoms. The summed E-state index contributed by atoms with van der Waals surface area (Å²) in [6.45, 7) is 9.77. The molecule has 1 heterocycles. The second kappa shape index (κ2) is 9.33. The number of benzene rings is 1. The fourth-order valence-corrected chi connectivity index (χ4v) is 4.07. The normalized spacial score (nSPS) is 17.0. The molecule has 1 aromatic rings. The Balaban J connectivity index is 1.89. The van der Waals surface area contributed by atoms with Crippen molar-refractivity contribution in [2.24, 2.45) is 5.92 Å². The quantitative estimate of drug-likeness (QED) is 0.806. The van der Waals surface area contributed by atoms with Crippen LogP contribution in [0.25, 0.3) is 0 Å². The number of carbonyl (C=O) groups excluding carboxylic acids is 1. The van der Waals surface area contributed by atoms with Crippen LogP contribution in [-0.2, 0) is 11.3 Å². The fourth-order valence-electron chi connectivity index (χ4n) is 3.09. The summed E-state index contributed by atoms with van der Waals surface area (Å²) >= 11 is 2.04. The monoisotopic (exact) mass is 334 g/mol. The van der Waals surface area contributed by atoms with Gasteiger partial charge in [-0.1, -0.05) is 38.8 Å². The van der Waals surface area contributed by atoms with Crippen LogP contribution in [0.3, 0.4) is 0 Å². The molecule has 0 bridgehead atoms. The molecule has 0 aromatic heterocycles. The van der Waals surface area contributed by atoms with E-state index in [-0.39, 0.29) is 5.91 Å². The Kier molecular flexibility index (Phi) is 7.44. The number of hydrogen-bond acceptors (Lipinski definition) is 3. The van der Waals surface area contributed by atoms with E-state index in [1.807, 2.05) is 11.8 Å². The van der Waals surface area contributed by atoms with Gasteiger partial charge >= 0.3 is 0 Å². The van der Waals surface area contributed by atoms with Crippen molar-refractivity contribution in [1.29, 1.82) is 0 Å². The van der Waals surface area contributed by atoms with Crippen LogP contribution in [0.4, 0.5) is 5.69 Å². The Morgan fingerprint density at radius 1 is 1.35 bits per heavy atom. The van der Waals surface area contributed by atoms with Gasteiger partial charge in [-0.3, -0.25) is 9.69 Å². The molecule has 2 rings (SSSR count). The minimum atomic E-state index is 0.134. The third-order valence-electron chi connectivity index (χ3n) is 4.39. The van der Waals surface area contributed by atoms with Crippen LogP contribution < -0.4 is 5.32 Å². The molecule has 0 saturated carbocycles. The van der Waals surface area contributed by atoms with Crippen molar-refractivity contribution in [3.63, 3.8) is 0 Å². The molecule has 1 aliphatic rings. The summed E-state index contributed by atoms with van der Waals surface area (Å²) in [5.41, 5.74) is 3.45. The van der Waals surface area contributed by atoms with Gasteiger partial charge in [0.1, 0.15) is 0 Å². The SMILES string of the molecule is CCCC(C)CC(=O)Nc1ccc(CN2CCSCC2)cc1C. The summed E-state index contributed by atoms with van der Waals surface area (Å²) in [6.07, 6.45) is 2.86.